The Hall–Kier alpha value is -1.84. The third-order valence-electron chi connectivity index (χ3n) is 1.42. The predicted octanol–water partition coefficient (Wildman–Crippen LogP) is 1.51. The Labute approximate surface area is 82.4 Å². The lowest BCUT2D eigenvalue weighted by molar-refractivity contribution is 0.0692. The van der Waals surface area contributed by atoms with Gasteiger partial charge >= 0.3 is 5.97 Å². The number of hydrogen-bond acceptors (Lipinski definition) is 2. The molecule has 3 N–H and O–H groups in total. The molecule has 0 aromatic heterocycles. The Kier molecular flexibility index (Phi) is 4.99. The lowest BCUT2D eigenvalue weighted by atomic mass is 10.1. The maximum absolute atomic E-state index is 10.7. The molecule has 1 amide bonds. The fraction of sp³-hybridized carbons (Fsp3) is 0.200. The third-order valence-corrected chi connectivity index (χ3v) is 1.42. The van der Waals surface area contributed by atoms with E-state index in [1.54, 1.807) is 6.07 Å². The van der Waals surface area contributed by atoms with E-state index in [2.05, 4.69) is 0 Å². The molecule has 0 atom stereocenters. The minimum atomic E-state index is -1.15. The van der Waals surface area contributed by atoms with E-state index in [1.165, 1.54) is 18.2 Å². The van der Waals surface area contributed by atoms with Crippen molar-refractivity contribution in [1.82, 2.24) is 0 Å². The molecular weight excluding hydrogens is 182 g/mol. The SMILES string of the molecule is CC.NC(=O)c1ccccc1C(=O)O. The molecule has 0 aliphatic heterocycles. The van der Waals surface area contributed by atoms with Gasteiger partial charge in [0.2, 0.25) is 5.91 Å². The van der Waals surface area contributed by atoms with E-state index >= 15 is 0 Å². The van der Waals surface area contributed by atoms with E-state index in [4.69, 9.17) is 10.8 Å². The zero-order chi connectivity index (χ0) is 11.1. The summed E-state index contributed by atoms with van der Waals surface area (Å²) in [4.78, 5) is 21.2. The number of carbonyl (C=O) groups is 2. The molecule has 1 rings (SSSR count). The summed E-state index contributed by atoms with van der Waals surface area (Å²) in [5.41, 5.74) is 4.92. The van der Waals surface area contributed by atoms with Gasteiger partial charge in [-0.3, -0.25) is 4.79 Å². The van der Waals surface area contributed by atoms with Gasteiger partial charge in [-0.2, -0.15) is 0 Å². The Morgan fingerprint density at radius 2 is 1.57 bits per heavy atom. The number of primary amides is 1. The molecule has 4 nitrogen and oxygen atoms in total. The fourth-order valence-electron chi connectivity index (χ4n) is 0.884. The van der Waals surface area contributed by atoms with Crippen molar-refractivity contribution in [3.05, 3.63) is 35.4 Å². The molecular formula is C10H13NO3. The van der Waals surface area contributed by atoms with Gasteiger partial charge in [-0.05, 0) is 12.1 Å². The van der Waals surface area contributed by atoms with E-state index in [-0.39, 0.29) is 11.1 Å². The molecule has 14 heavy (non-hydrogen) atoms. The first kappa shape index (κ1) is 12.2. The lowest BCUT2D eigenvalue weighted by Gasteiger charge is -1.99. The maximum atomic E-state index is 10.7. The van der Waals surface area contributed by atoms with Crippen LogP contribution in [0.3, 0.4) is 0 Å². The smallest absolute Gasteiger partial charge is 0.336 e. The number of carboxylic acids is 1. The summed E-state index contributed by atoms with van der Waals surface area (Å²) in [5.74, 6) is -1.88. The molecule has 1 aromatic carbocycles. The van der Waals surface area contributed by atoms with Crippen molar-refractivity contribution < 1.29 is 14.7 Å². The summed E-state index contributed by atoms with van der Waals surface area (Å²) in [6.45, 7) is 4.00. The fourth-order valence-corrected chi connectivity index (χ4v) is 0.884. The quantitative estimate of drug-likeness (QED) is 0.750. The van der Waals surface area contributed by atoms with Crippen molar-refractivity contribution in [3.8, 4) is 0 Å². The summed E-state index contributed by atoms with van der Waals surface area (Å²) in [5, 5.41) is 8.61. The largest absolute Gasteiger partial charge is 0.478 e. The van der Waals surface area contributed by atoms with Crippen LogP contribution in [-0.2, 0) is 0 Å². The average Bonchev–Trinajstić information content (AvgIpc) is 2.20. The van der Waals surface area contributed by atoms with E-state index in [9.17, 15) is 9.59 Å². The van der Waals surface area contributed by atoms with Gasteiger partial charge in [0.1, 0.15) is 0 Å². The van der Waals surface area contributed by atoms with Gasteiger partial charge in [0.25, 0.3) is 0 Å². The van der Waals surface area contributed by atoms with E-state index < -0.39 is 11.9 Å². The second-order valence-electron chi connectivity index (χ2n) is 2.21. The Balaban J connectivity index is 0.000000791. The van der Waals surface area contributed by atoms with Crippen LogP contribution < -0.4 is 5.73 Å². The second kappa shape index (κ2) is 5.75. The summed E-state index contributed by atoms with van der Waals surface area (Å²) in [6, 6.07) is 5.82. The van der Waals surface area contributed by atoms with Gasteiger partial charge in [0, 0.05) is 0 Å². The highest BCUT2D eigenvalue weighted by Gasteiger charge is 2.11. The van der Waals surface area contributed by atoms with Gasteiger partial charge in [-0.1, -0.05) is 26.0 Å². The molecule has 0 bridgehead atoms. The number of carboxylic acid groups (broad SMARTS) is 1. The minimum Gasteiger partial charge on any atom is -0.478 e. The Morgan fingerprint density at radius 3 is 1.86 bits per heavy atom. The molecule has 76 valence electrons. The highest BCUT2D eigenvalue weighted by atomic mass is 16.4. The van der Waals surface area contributed by atoms with Crippen LogP contribution in [0.5, 0.6) is 0 Å². The van der Waals surface area contributed by atoms with Crippen molar-refractivity contribution in [2.75, 3.05) is 0 Å². The topological polar surface area (TPSA) is 80.4 Å². The number of rotatable bonds is 2. The highest BCUT2D eigenvalue weighted by Crippen LogP contribution is 2.06. The third kappa shape index (κ3) is 2.90. The Bertz CT molecular complexity index is 301. The molecule has 0 heterocycles. The minimum absolute atomic E-state index is 0.0324. The molecule has 0 saturated carbocycles. The van der Waals surface area contributed by atoms with Crippen LogP contribution in [-0.4, -0.2) is 17.0 Å². The summed E-state index contributed by atoms with van der Waals surface area (Å²) in [7, 11) is 0. The van der Waals surface area contributed by atoms with Crippen LogP contribution in [0, 0.1) is 0 Å². The zero-order valence-electron chi connectivity index (χ0n) is 8.15. The average molecular weight is 195 g/mol. The first-order valence-corrected chi connectivity index (χ1v) is 4.25. The van der Waals surface area contributed by atoms with E-state index in [0.29, 0.717) is 0 Å². The summed E-state index contributed by atoms with van der Waals surface area (Å²) < 4.78 is 0. The first-order valence-electron chi connectivity index (χ1n) is 4.25. The maximum Gasteiger partial charge on any atom is 0.336 e. The van der Waals surface area contributed by atoms with Crippen LogP contribution in [0.25, 0.3) is 0 Å². The van der Waals surface area contributed by atoms with Crippen molar-refractivity contribution >= 4 is 11.9 Å². The van der Waals surface area contributed by atoms with Gasteiger partial charge in [0.15, 0.2) is 0 Å². The van der Waals surface area contributed by atoms with Crippen molar-refractivity contribution in [1.29, 1.82) is 0 Å². The van der Waals surface area contributed by atoms with Crippen LogP contribution >= 0.6 is 0 Å². The number of benzene rings is 1. The number of aromatic carboxylic acids is 1. The molecule has 0 saturated heterocycles. The monoisotopic (exact) mass is 195 g/mol. The van der Waals surface area contributed by atoms with Crippen LogP contribution in [0.15, 0.2) is 24.3 Å². The second-order valence-corrected chi connectivity index (χ2v) is 2.21. The predicted molar refractivity (Wildman–Crippen MR) is 53.3 cm³/mol. The van der Waals surface area contributed by atoms with Gasteiger partial charge < -0.3 is 10.8 Å². The van der Waals surface area contributed by atoms with Crippen molar-refractivity contribution in [3.63, 3.8) is 0 Å². The number of amides is 1. The van der Waals surface area contributed by atoms with Gasteiger partial charge in [-0.25, -0.2) is 4.79 Å². The van der Waals surface area contributed by atoms with Crippen LogP contribution in [0.1, 0.15) is 34.6 Å². The van der Waals surface area contributed by atoms with E-state index in [0.717, 1.165) is 0 Å². The Morgan fingerprint density at radius 1 is 1.14 bits per heavy atom. The van der Waals surface area contributed by atoms with Gasteiger partial charge in [-0.15, -0.1) is 0 Å². The van der Waals surface area contributed by atoms with E-state index in [1.807, 2.05) is 13.8 Å². The van der Waals surface area contributed by atoms with Crippen molar-refractivity contribution in [2.45, 2.75) is 13.8 Å². The summed E-state index contributed by atoms with van der Waals surface area (Å²) in [6.07, 6.45) is 0. The molecule has 1 aromatic rings. The number of carbonyl (C=O) groups excluding carboxylic acids is 1. The first-order chi connectivity index (χ1) is 6.63. The molecule has 4 heteroatoms. The standard InChI is InChI=1S/C8H7NO3.C2H6/c9-7(10)5-3-1-2-4-6(5)8(11)12;1-2/h1-4H,(H2,9,10)(H,11,12);1-2H3. The zero-order valence-corrected chi connectivity index (χ0v) is 8.15. The molecule has 0 radical (unpaired) electrons. The normalized spacial score (nSPS) is 8.43. The molecule has 0 aliphatic carbocycles. The van der Waals surface area contributed by atoms with Crippen LogP contribution in [0.4, 0.5) is 0 Å². The van der Waals surface area contributed by atoms with Gasteiger partial charge in [0.05, 0.1) is 11.1 Å². The number of nitrogens with two attached hydrogens (primary N) is 1. The highest BCUT2D eigenvalue weighted by molar-refractivity contribution is 6.03. The molecule has 0 unspecified atom stereocenters. The number of hydrogen-bond donors (Lipinski definition) is 2. The van der Waals surface area contributed by atoms with Crippen molar-refractivity contribution in [2.24, 2.45) is 5.73 Å². The molecule has 0 fully saturated rings. The molecule has 0 aliphatic rings. The summed E-state index contributed by atoms with van der Waals surface area (Å²) >= 11 is 0. The molecule has 0 spiro atoms. The van der Waals surface area contributed by atoms with Crippen LogP contribution in [0.2, 0.25) is 0 Å². The lowest BCUT2D eigenvalue weighted by Crippen LogP contribution is -2.15.